The van der Waals surface area contributed by atoms with Crippen molar-refractivity contribution in [3.05, 3.63) is 45.1 Å². The molecule has 0 spiro atoms. The minimum absolute atomic E-state index is 0.0455. The molecule has 0 bridgehead atoms. The number of likely N-dealkylation sites (N-methyl/N-ethyl adjacent to an activating group) is 1. The number of ether oxygens (including phenoxy) is 1. The highest BCUT2D eigenvalue weighted by Crippen LogP contribution is 2.38. The van der Waals surface area contributed by atoms with E-state index in [0.29, 0.717) is 54.6 Å². The second-order valence-corrected chi connectivity index (χ2v) is 10.4. The Morgan fingerprint density at radius 3 is 2.53 bits per heavy atom. The average Bonchev–Trinajstić information content (AvgIpc) is 2.79. The van der Waals surface area contributed by atoms with Gasteiger partial charge in [0.25, 0.3) is 0 Å². The Kier molecular flexibility index (Phi) is 8.48. The molecule has 1 aromatic carbocycles. The van der Waals surface area contributed by atoms with Gasteiger partial charge in [0.15, 0.2) is 0 Å². The lowest BCUT2D eigenvalue weighted by Gasteiger charge is -2.44. The number of amides is 3. The molecule has 2 aliphatic heterocycles. The van der Waals surface area contributed by atoms with Crippen LogP contribution >= 0.6 is 23.2 Å². The number of piperazine rings is 1. The SMILES string of the molecule is CCOC(=O)C1=C(CN2CCN(C(=O)C3CCC3)[C@H](C)C2)N(CC)C(=O)N[C@H]1c1cccc(Cl)c1Cl. The van der Waals surface area contributed by atoms with Gasteiger partial charge in [-0.3, -0.25) is 14.6 Å². The van der Waals surface area contributed by atoms with Gasteiger partial charge in [0.1, 0.15) is 0 Å². The van der Waals surface area contributed by atoms with Crippen LogP contribution in [0.2, 0.25) is 10.0 Å². The summed E-state index contributed by atoms with van der Waals surface area (Å²) in [5.74, 6) is -0.0838. The molecule has 3 amide bonds. The largest absolute Gasteiger partial charge is 0.463 e. The molecule has 0 radical (unpaired) electrons. The van der Waals surface area contributed by atoms with Crippen molar-refractivity contribution in [1.82, 2.24) is 20.0 Å². The lowest BCUT2D eigenvalue weighted by Crippen LogP contribution is -2.57. The topological polar surface area (TPSA) is 82.2 Å². The van der Waals surface area contributed by atoms with Crippen molar-refractivity contribution in [3.63, 3.8) is 0 Å². The molecule has 1 aromatic rings. The molecule has 1 saturated carbocycles. The Labute approximate surface area is 222 Å². The maximum atomic E-state index is 13.3. The van der Waals surface area contributed by atoms with Crippen LogP contribution in [0.15, 0.2) is 29.5 Å². The van der Waals surface area contributed by atoms with Crippen LogP contribution in [0, 0.1) is 5.92 Å². The Hall–Kier alpha value is -2.29. The number of hydrogen-bond acceptors (Lipinski definition) is 5. The molecule has 2 heterocycles. The Bertz CT molecular complexity index is 1060. The number of esters is 1. The normalized spacial score (nSPS) is 23.4. The molecule has 10 heteroatoms. The maximum absolute atomic E-state index is 13.3. The minimum Gasteiger partial charge on any atom is -0.463 e. The van der Waals surface area contributed by atoms with Crippen molar-refractivity contribution in [2.24, 2.45) is 5.92 Å². The van der Waals surface area contributed by atoms with Gasteiger partial charge in [-0.2, -0.15) is 0 Å². The summed E-state index contributed by atoms with van der Waals surface area (Å²) < 4.78 is 5.44. The zero-order valence-electron chi connectivity index (χ0n) is 21.1. The number of nitrogens with one attached hydrogen (secondary N) is 1. The fraction of sp³-hybridized carbons (Fsp3) is 0.577. The van der Waals surface area contributed by atoms with Gasteiger partial charge >= 0.3 is 12.0 Å². The summed E-state index contributed by atoms with van der Waals surface area (Å²) in [6.45, 7) is 8.57. The quantitative estimate of drug-likeness (QED) is 0.527. The van der Waals surface area contributed by atoms with E-state index in [9.17, 15) is 14.4 Å². The zero-order chi connectivity index (χ0) is 26.0. The van der Waals surface area contributed by atoms with Crippen LogP contribution in [-0.4, -0.2) is 78.0 Å². The van der Waals surface area contributed by atoms with E-state index in [1.54, 1.807) is 30.0 Å². The van der Waals surface area contributed by atoms with Gasteiger partial charge in [0.05, 0.1) is 28.3 Å². The highest BCUT2D eigenvalue weighted by Gasteiger charge is 2.40. The van der Waals surface area contributed by atoms with Crippen LogP contribution in [-0.2, 0) is 14.3 Å². The van der Waals surface area contributed by atoms with Gasteiger partial charge < -0.3 is 15.0 Å². The predicted octanol–water partition coefficient (Wildman–Crippen LogP) is 4.23. The third kappa shape index (κ3) is 5.22. The van der Waals surface area contributed by atoms with E-state index < -0.39 is 12.0 Å². The van der Waals surface area contributed by atoms with Gasteiger partial charge in [-0.1, -0.05) is 41.8 Å². The average molecular weight is 537 g/mol. The number of rotatable bonds is 7. The van der Waals surface area contributed by atoms with Crippen molar-refractivity contribution in [2.75, 3.05) is 39.3 Å². The van der Waals surface area contributed by atoms with E-state index in [-0.39, 0.29) is 35.5 Å². The summed E-state index contributed by atoms with van der Waals surface area (Å²) >= 11 is 12.8. The van der Waals surface area contributed by atoms with Crippen LogP contribution in [0.25, 0.3) is 0 Å². The molecule has 196 valence electrons. The summed E-state index contributed by atoms with van der Waals surface area (Å²) in [6, 6.07) is 4.10. The van der Waals surface area contributed by atoms with Crippen LogP contribution in [0.3, 0.4) is 0 Å². The van der Waals surface area contributed by atoms with E-state index in [0.717, 1.165) is 19.3 Å². The van der Waals surface area contributed by atoms with Crippen LogP contribution in [0.4, 0.5) is 4.79 Å². The van der Waals surface area contributed by atoms with Crippen molar-refractivity contribution in [2.45, 2.75) is 52.1 Å². The van der Waals surface area contributed by atoms with Gasteiger partial charge in [0.2, 0.25) is 5.91 Å². The predicted molar refractivity (Wildman–Crippen MR) is 139 cm³/mol. The Morgan fingerprint density at radius 1 is 1.17 bits per heavy atom. The molecular formula is C26H34Cl2N4O4. The Morgan fingerprint density at radius 2 is 1.92 bits per heavy atom. The highest BCUT2D eigenvalue weighted by molar-refractivity contribution is 6.42. The number of nitrogens with zero attached hydrogens (tertiary/aromatic N) is 3. The van der Waals surface area contributed by atoms with Crippen LogP contribution in [0.5, 0.6) is 0 Å². The molecule has 0 aromatic heterocycles. The molecule has 36 heavy (non-hydrogen) atoms. The summed E-state index contributed by atoms with van der Waals surface area (Å²) in [4.78, 5) is 45.1. The zero-order valence-corrected chi connectivity index (χ0v) is 22.6. The standard InChI is InChI=1S/C26H34Cl2N4O4/c1-4-31-20(15-30-12-13-32(16(3)14-30)24(33)17-8-6-9-17)21(25(34)36-5-2)23(29-26(31)35)18-10-7-11-19(27)22(18)28/h7,10-11,16-17,23H,4-6,8-9,12-15H2,1-3H3,(H,29,35)/t16-,23+/m1/s1. The first-order chi connectivity index (χ1) is 17.3. The van der Waals surface area contributed by atoms with Gasteiger partial charge in [-0.25, -0.2) is 9.59 Å². The first kappa shape index (κ1) is 26.8. The monoisotopic (exact) mass is 536 g/mol. The van der Waals surface area contributed by atoms with E-state index in [1.165, 1.54) is 0 Å². The number of urea groups is 1. The highest BCUT2D eigenvalue weighted by atomic mass is 35.5. The molecule has 8 nitrogen and oxygen atoms in total. The number of carbonyl (C=O) groups excluding carboxylic acids is 3. The smallest absolute Gasteiger partial charge is 0.338 e. The summed E-state index contributed by atoms with van der Waals surface area (Å²) in [5.41, 5.74) is 1.48. The van der Waals surface area contributed by atoms with E-state index in [4.69, 9.17) is 27.9 Å². The van der Waals surface area contributed by atoms with Crippen molar-refractivity contribution in [3.8, 4) is 0 Å². The van der Waals surface area contributed by atoms with Gasteiger partial charge in [0, 0.05) is 50.4 Å². The third-order valence-electron chi connectivity index (χ3n) is 7.36. The van der Waals surface area contributed by atoms with Crippen molar-refractivity contribution >= 4 is 41.1 Å². The number of halogens is 2. The molecule has 4 rings (SSSR count). The lowest BCUT2D eigenvalue weighted by atomic mass is 9.84. The molecule has 2 atom stereocenters. The molecule has 1 N–H and O–H groups in total. The first-order valence-corrected chi connectivity index (χ1v) is 13.5. The van der Waals surface area contributed by atoms with Gasteiger partial charge in [-0.15, -0.1) is 0 Å². The molecule has 0 unspecified atom stereocenters. The summed E-state index contributed by atoms with van der Waals surface area (Å²) in [5, 5.41) is 3.55. The molecule has 3 aliphatic rings. The number of benzene rings is 1. The molecule has 2 fully saturated rings. The maximum Gasteiger partial charge on any atom is 0.338 e. The number of hydrogen-bond donors (Lipinski definition) is 1. The molecular weight excluding hydrogens is 503 g/mol. The second-order valence-electron chi connectivity index (χ2n) is 9.59. The third-order valence-corrected chi connectivity index (χ3v) is 8.20. The second kappa shape index (κ2) is 11.4. The lowest BCUT2D eigenvalue weighted by molar-refractivity contribution is -0.142. The first-order valence-electron chi connectivity index (χ1n) is 12.7. The summed E-state index contributed by atoms with van der Waals surface area (Å²) in [7, 11) is 0. The van der Waals surface area contributed by atoms with Crippen LogP contribution in [0.1, 0.15) is 51.6 Å². The minimum atomic E-state index is -0.792. The fourth-order valence-electron chi connectivity index (χ4n) is 5.24. The van der Waals surface area contributed by atoms with E-state index >= 15 is 0 Å². The number of carbonyl (C=O) groups is 3. The molecule has 1 saturated heterocycles. The van der Waals surface area contributed by atoms with Crippen molar-refractivity contribution in [1.29, 1.82) is 0 Å². The van der Waals surface area contributed by atoms with Crippen molar-refractivity contribution < 1.29 is 19.1 Å². The van der Waals surface area contributed by atoms with E-state index in [2.05, 4.69) is 17.1 Å². The molecule has 1 aliphatic carbocycles. The van der Waals surface area contributed by atoms with Gasteiger partial charge in [-0.05, 0) is 45.2 Å². The fourth-order valence-corrected chi connectivity index (χ4v) is 5.66. The van der Waals surface area contributed by atoms with E-state index in [1.807, 2.05) is 11.8 Å². The summed E-state index contributed by atoms with van der Waals surface area (Å²) in [6.07, 6.45) is 3.09. The van der Waals surface area contributed by atoms with Crippen LogP contribution < -0.4 is 5.32 Å². The Balaban J connectivity index is 1.67.